The monoisotopic (exact) mass is 445 g/mol. The van der Waals surface area contributed by atoms with Crippen LogP contribution in [0.5, 0.6) is 0 Å². The van der Waals surface area contributed by atoms with E-state index in [2.05, 4.69) is 21.8 Å². The minimum atomic E-state index is -0.936. The molecule has 0 spiro atoms. The zero-order valence-electron chi connectivity index (χ0n) is 19.2. The van der Waals surface area contributed by atoms with Crippen LogP contribution in [-0.2, 0) is 4.74 Å². The molecule has 32 heavy (non-hydrogen) atoms. The number of hydrogen-bond acceptors (Lipinski definition) is 5. The Kier molecular flexibility index (Phi) is 6.26. The van der Waals surface area contributed by atoms with Gasteiger partial charge in [0.15, 0.2) is 0 Å². The van der Waals surface area contributed by atoms with Gasteiger partial charge in [0.25, 0.3) is 0 Å². The number of aromatic amines is 1. The number of alkyl halides is 1. The largest absolute Gasteiger partial charge is 0.459 e. The molecule has 4 rings (SSSR count). The number of nitrogens with one attached hydrogen (secondary N) is 1. The van der Waals surface area contributed by atoms with Gasteiger partial charge >= 0.3 is 12.0 Å². The van der Waals surface area contributed by atoms with Crippen LogP contribution in [0.4, 0.5) is 14.9 Å². The molecule has 1 N–H and O–H groups in total. The summed E-state index contributed by atoms with van der Waals surface area (Å²) in [4.78, 5) is 38.9. The molecule has 2 aromatic heterocycles. The molecule has 0 saturated carbocycles. The lowest BCUT2D eigenvalue weighted by Crippen LogP contribution is -2.55. The Bertz CT molecular complexity index is 993. The highest BCUT2D eigenvalue weighted by molar-refractivity contribution is 6.04. The number of amides is 2. The lowest BCUT2D eigenvalue weighted by Gasteiger charge is -2.43. The molecule has 0 aliphatic carbocycles. The fourth-order valence-corrected chi connectivity index (χ4v) is 4.78. The molecule has 2 aromatic rings. The molecule has 2 fully saturated rings. The highest BCUT2D eigenvalue weighted by Crippen LogP contribution is 2.34. The molecule has 3 atom stereocenters. The van der Waals surface area contributed by atoms with Crippen LogP contribution < -0.4 is 4.90 Å². The first kappa shape index (κ1) is 22.4. The van der Waals surface area contributed by atoms with E-state index in [1.165, 1.54) is 0 Å². The van der Waals surface area contributed by atoms with E-state index < -0.39 is 12.1 Å². The van der Waals surface area contributed by atoms with E-state index in [9.17, 15) is 14.0 Å². The van der Waals surface area contributed by atoms with Crippen LogP contribution in [0.2, 0.25) is 0 Å². The van der Waals surface area contributed by atoms with E-state index in [1.807, 2.05) is 31.9 Å². The summed E-state index contributed by atoms with van der Waals surface area (Å²) in [6.45, 7) is 7.59. The van der Waals surface area contributed by atoms with E-state index in [0.717, 1.165) is 17.5 Å². The SMILES string of the molecule is CC(C)OC(=O)c1cnc2[nH]ccc2c1N(C)[C@H]1CN(C(=O)N2CC[C@@H](F)C2)CC[C@H]1C. The third-order valence-corrected chi connectivity index (χ3v) is 6.56. The summed E-state index contributed by atoms with van der Waals surface area (Å²) in [6, 6.07) is 1.79. The second-order valence-corrected chi connectivity index (χ2v) is 9.22. The molecule has 2 aliphatic heterocycles. The topological polar surface area (TPSA) is 81.8 Å². The van der Waals surface area contributed by atoms with Gasteiger partial charge in [-0.15, -0.1) is 0 Å². The number of aromatic nitrogens is 2. The number of carbonyl (C=O) groups excluding carboxylic acids is 2. The Hall–Kier alpha value is -2.84. The third-order valence-electron chi connectivity index (χ3n) is 6.56. The number of halogens is 1. The number of hydrogen-bond donors (Lipinski definition) is 1. The van der Waals surface area contributed by atoms with Gasteiger partial charge in [0.1, 0.15) is 17.4 Å². The number of nitrogens with zero attached hydrogens (tertiary/aromatic N) is 4. The summed E-state index contributed by atoms with van der Waals surface area (Å²) in [5, 5.41) is 0.834. The van der Waals surface area contributed by atoms with Gasteiger partial charge in [-0.25, -0.2) is 19.0 Å². The standard InChI is InChI=1S/C23H32FN5O3/c1-14(2)32-22(30)18-11-26-21-17(5-8-25-21)20(18)27(4)19-13-29(9-6-15(19)3)23(31)28-10-7-16(24)12-28/h5,8,11,14-16,19H,6-7,9-10,12-13H2,1-4H3,(H,25,26)/t15-,16-,19+/m1/s1. The number of carbonyl (C=O) groups is 2. The summed E-state index contributed by atoms with van der Waals surface area (Å²) < 4.78 is 19.1. The number of likely N-dealkylation sites (N-methyl/N-ethyl adjacent to an activating group) is 1. The highest BCUT2D eigenvalue weighted by Gasteiger charge is 2.37. The maximum absolute atomic E-state index is 13.6. The quantitative estimate of drug-likeness (QED) is 0.729. The van der Waals surface area contributed by atoms with Crippen LogP contribution in [-0.4, -0.2) is 83.3 Å². The van der Waals surface area contributed by atoms with Crippen LogP contribution in [0.3, 0.4) is 0 Å². The molecule has 2 saturated heterocycles. The first-order valence-corrected chi connectivity index (χ1v) is 11.3. The van der Waals surface area contributed by atoms with Gasteiger partial charge in [0.05, 0.1) is 18.3 Å². The molecule has 2 amide bonds. The maximum atomic E-state index is 13.6. The third kappa shape index (κ3) is 4.25. The lowest BCUT2D eigenvalue weighted by molar-refractivity contribution is 0.0378. The van der Waals surface area contributed by atoms with Gasteiger partial charge in [0, 0.05) is 50.5 Å². The molecule has 4 heterocycles. The maximum Gasteiger partial charge on any atom is 0.342 e. The first-order valence-electron chi connectivity index (χ1n) is 11.3. The predicted octanol–water partition coefficient (Wildman–Crippen LogP) is 3.44. The highest BCUT2D eigenvalue weighted by atomic mass is 19.1. The number of piperidine rings is 1. The Morgan fingerprint density at radius 1 is 1.25 bits per heavy atom. The van der Waals surface area contributed by atoms with Gasteiger partial charge in [-0.1, -0.05) is 6.92 Å². The van der Waals surface area contributed by atoms with Gasteiger partial charge in [-0.2, -0.15) is 0 Å². The Morgan fingerprint density at radius 3 is 2.66 bits per heavy atom. The van der Waals surface area contributed by atoms with Crippen molar-refractivity contribution >= 4 is 28.7 Å². The van der Waals surface area contributed by atoms with Crippen LogP contribution in [0.25, 0.3) is 11.0 Å². The van der Waals surface area contributed by atoms with E-state index in [0.29, 0.717) is 43.2 Å². The average molecular weight is 446 g/mol. The van der Waals surface area contributed by atoms with Crippen molar-refractivity contribution < 1.29 is 18.7 Å². The van der Waals surface area contributed by atoms with Gasteiger partial charge in [-0.3, -0.25) is 0 Å². The van der Waals surface area contributed by atoms with Gasteiger partial charge in [-0.05, 0) is 38.7 Å². The van der Waals surface area contributed by atoms with Crippen LogP contribution in [0.1, 0.15) is 44.0 Å². The summed E-state index contributed by atoms with van der Waals surface area (Å²) >= 11 is 0. The predicted molar refractivity (Wildman–Crippen MR) is 121 cm³/mol. The number of likely N-dealkylation sites (tertiary alicyclic amines) is 2. The summed E-state index contributed by atoms with van der Waals surface area (Å²) in [7, 11) is 1.95. The van der Waals surface area contributed by atoms with E-state index in [1.54, 1.807) is 17.3 Å². The van der Waals surface area contributed by atoms with Crippen LogP contribution in [0, 0.1) is 5.92 Å². The number of urea groups is 1. The Morgan fingerprint density at radius 2 is 1.97 bits per heavy atom. The number of H-pyrrole nitrogens is 1. The molecule has 174 valence electrons. The molecule has 8 nitrogen and oxygen atoms in total. The summed E-state index contributed by atoms with van der Waals surface area (Å²) in [5.74, 6) is -0.118. The van der Waals surface area contributed by atoms with Crippen molar-refractivity contribution in [3.8, 4) is 0 Å². The minimum absolute atomic E-state index is 0.0115. The lowest BCUT2D eigenvalue weighted by atomic mass is 9.91. The normalized spacial score (nSPS) is 23.8. The van der Waals surface area contributed by atoms with Gasteiger partial charge in [0.2, 0.25) is 0 Å². The van der Waals surface area contributed by atoms with Crippen molar-refractivity contribution in [3.63, 3.8) is 0 Å². The minimum Gasteiger partial charge on any atom is -0.459 e. The number of rotatable bonds is 4. The number of pyridine rings is 1. The zero-order valence-corrected chi connectivity index (χ0v) is 19.2. The fraction of sp³-hybridized carbons (Fsp3) is 0.609. The van der Waals surface area contributed by atoms with E-state index in [-0.39, 0.29) is 24.7 Å². The number of fused-ring (bicyclic) bond motifs is 1. The van der Waals surface area contributed by atoms with Crippen molar-refractivity contribution in [2.24, 2.45) is 5.92 Å². The van der Waals surface area contributed by atoms with E-state index >= 15 is 0 Å². The first-order chi connectivity index (χ1) is 15.3. The summed E-state index contributed by atoms with van der Waals surface area (Å²) in [5.41, 5.74) is 1.84. The number of ether oxygens (including phenoxy) is 1. The number of anilines is 1. The average Bonchev–Trinajstić information content (AvgIpc) is 3.40. The van der Waals surface area contributed by atoms with Crippen molar-refractivity contribution in [2.45, 2.75) is 51.9 Å². The molecule has 0 radical (unpaired) electrons. The smallest absolute Gasteiger partial charge is 0.342 e. The molecule has 0 aromatic carbocycles. The Balaban J connectivity index is 1.63. The fourth-order valence-electron chi connectivity index (χ4n) is 4.78. The Labute approximate surface area is 187 Å². The van der Waals surface area contributed by atoms with Crippen LogP contribution >= 0.6 is 0 Å². The van der Waals surface area contributed by atoms with Gasteiger partial charge < -0.3 is 24.4 Å². The van der Waals surface area contributed by atoms with Crippen molar-refractivity contribution in [3.05, 3.63) is 24.0 Å². The molecular formula is C23H32FN5O3. The van der Waals surface area contributed by atoms with Crippen molar-refractivity contribution in [1.29, 1.82) is 0 Å². The molecular weight excluding hydrogens is 413 g/mol. The number of esters is 1. The molecule has 9 heteroatoms. The van der Waals surface area contributed by atoms with E-state index in [4.69, 9.17) is 4.74 Å². The van der Waals surface area contributed by atoms with Crippen molar-refractivity contribution in [2.75, 3.05) is 38.1 Å². The zero-order chi connectivity index (χ0) is 23.0. The molecule has 0 unspecified atom stereocenters. The second kappa shape index (κ2) is 8.96. The summed E-state index contributed by atoms with van der Waals surface area (Å²) in [6.07, 6.45) is 3.41. The molecule has 0 bridgehead atoms. The van der Waals surface area contributed by atoms with Crippen LogP contribution in [0.15, 0.2) is 18.5 Å². The van der Waals surface area contributed by atoms with Crippen molar-refractivity contribution in [1.82, 2.24) is 19.8 Å². The second-order valence-electron chi connectivity index (χ2n) is 9.22. The molecule has 2 aliphatic rings.